The summed E-state index contributed by atoms with van der Waals surface area (Å²) in [6.45, 7) is 4.37. The Morgan fingerprint density at radius 1 is 1.42 bits per heavy atom. The van der Waals surface area contributed by atoms with E-state index in [1.54, 1.807) is 14.2 Å². The fraction of sp³-hybridized carbons (Fsp3) is 0.769. The van der Waals surface area contributed by atoms with Gasteiger partial charge in [-0.2, -0.15) is 4.37 Å². The molecule has 5 nitrogen and oxygen atoms in total. The summed E-state index contributed by atoms with van der Waals surface area (Å²) in [7, 11) is 3.45. The molecular formula is C13H23N3O2S. The maximum absolute atomic E-state index is 6.03. The monoisotopic (exact) mass is 285 g/mol. The van der Waals surface area contributed by atoms with Gasteiger partial charge < -0.3 is 20.1 Å². The predicted molar refractivity (Wildman–Crippen MR) is 79.1 cm³/mol. The SMILES string of the molecule is COCCN(c1snc(N)c1C1CC1)C(C)COC. The van der Waals surface area contributed by atoms with Crippen molar-refractivity contribution in [1.82, 2.24) is 4.37 Å². The molecule has 108 valence electrons. The second-order valence-electron chi connectivity index (χ2n) is 5.05. The van der Waals surface area contributed by atoms with Gasteiger partial charge in [-0.15, -0.1) is 0 Å². The molecule has 1 saturated carbocycles. The molecule has 0 spiro atoms. The summed E-state index contributed by atoms with van der Waals surface area (Å²) in [6, 6.07) is 0.289. The summed E-state index contributed by atoms with van der Waals surface area (Å²) in [5, 5.41) is 1.20. The molecular weight excluding hydrogens is 262 g/mol. The van der Waals surface area contributed by atoms with E-state index in [0.717, 1.165) is 6.54 Å². The number of aromatic nitrogens is 1. The van der Waals surface area contributed by atoms with Crippen molar-refractivity contribution in [2.24, 2.45) is 0 Å². The Morgan fingerprint density at radius 2 is 2.16 bits per heavy atom. The smallest absolute Gasteiger partial charge is 0.142 e. The van der Waals surface area contributed by atoms with Crippen LogP contribution in [-0.2, 0) is 9.47 Å². The van der Waals surface area contributed by atoms with Crippen LogP contribution in [0.3, 0.4) is 0 Å². The minimum absolute atomic E-state index is 0.289. The van der Waals surface area contributed by atoms with Gasteiger partial charge in [0, 0.05) is 26.3 Å². The van der Waals surface area contributed by atoms with Gasteiger partial charge in [-0.3, -0.25) is 0 Å². The van der Waals surface area contributed by atoms with Crippen LogP contribution in [0.5, 0.6) is 0 Å². The molecule has 0 aromatic carbocycles. The Hall–Kier alpha value is -0.850. The molecule has 0 radical (unpaired) electrons. The van der Waals surface area contributed by atoms with Crippen molar-refractivity contribution >= 4 is 22.4 Å². The molecule has 19 heavy (non-hydrogen) atoms. The van der Waals surface area contributed by atoms with Gasteiger partial charge in [-0.05, 0) is 37.2 Å². The summed E-state index contributed by atoms with van der Waals surface area (Å²) in [5.41, 5.74) is 7.27. The molecule has 1 aromatic heterocycles. The Labute approximate surface area is 118 Å². The lowest BCUT2D eigenvalue weighted by Crippen LogP contribution is -2.38. The Balaban J connectivity index is 2.21. The van der Waals surface area contributed by atoms with Crippen molar-refractivity contribution in [1.29, 1.82) is 0 Å². The number of anilines is 2. The Kier molecular flexibility index (Phi) is 5.01. The quantitative estimate of drug-likeness (QED) is 0.792. The van der Waals surface area contributed by atoms with E-state index >= 15 is 0 Å². The molecule has 0 amide bonds. The van der Waals surface area contributed by atoms with Crippen molar-refractivity contribution in [3.05, 3.63) is 5.56 Å². The van der Waals surface area contributed by atoms with E-state index in [4.69, 9.17) is 15.2 Å². The first-order valence-electron chi connectivity index (χ1n) is 6.68. The van der Waals surface area contributed by atoms with Crippen LogP contribution in [-0.4, -0.2) is 44.4 Å². The number of ether oxygens (including phenoxy) is 2. The van der Waals surface area contributed by atoms with Crippen molar-refractivity contribution in [3.63, 3.8) is 0 Å². The maximum atomic E-state index is 6.03. The van der Waals surface area contributed by atoms with Crippen LogP contribution in [0.1, 0.15) is 31.2 Å². The first-order chi connectivity index (χ1) is 9.19. The van der Waals surface area contributed by atoms with Gasteiger partial charge in [0.2, 0.25) is 0 Å². The minimum atomic E-state index is 0.289. The van der Waals surface area contributed by atoms with E-state index in [1.807, 2.05) is 0 Å². The summed E-state index contributed by atoms with van der Waals surface area (Å²) >= 11 is 1.50. The molecule has 2 rings (SSSR count). The van der Waals surface area contributed by atoms with E-state index in [-0.39, 0.29) is 6.04 Å². The van der Waals surface area contributed by atoms with Gasteiger partial charge in [0.05, 0.1) is 19.3 Å². The summed E-state index contributed by atoms with van der Waals surface area (Å²) in [4.78, 5) is 2.31. The highest BCUT2D eigenvalue weighted by Crippen LogP contribution is 2.49. The van der Waals surface area contributed by atoms with Gasteiger partial charge in [0.25, 0.3) is 0 Å². The Bertz CT molecular complexity index is 407. The van der Waals surface area contributed by atoms with Crippen LogP contribution in [0.2, 0.25) is 0 Å². The highest BCUT2D eigenvalue weighted by Gasteiger charge is 2.33. The number of methoxy groups -OCH3 is 2. The average Bonchev–Trinajstić information content (AvgIpc) is 3.15. The third-order valence-corrected chi connectivity index (χ3v) is 4.37. The second-order valence-corrected chi connectivity index (χ2v) is 5.80. The molecule has 1 aliphatic carbocycles. The lowest BCUT2D eigenvalue weighted by Gasteiger charge is -2.30. The van der Waals surface area contributed by atoms with Crippen LogP contribution < -0.4 is 10.6 Å². The van der Waals surface area contributed by atoms with Crippen LogP contribution in [0.25, 0.3) is 0 Å². The van der Waals surface area contributed by atoms with Crippen molar-refractivity contribution in [2.45, 2.75) is 31.7 Å². The van der Waals surface area contributed by atoms with Crippen LogP contribution in [0.4, 0.5) is 10.8 Å². The fourth-order valence-electron chi connectivity index (χ4n) is 2.31. The zero-order valence-electron chi connectivity index (χ0n) is 11.9. The summed E-state index contributed by atoms with van der Waals surface area (Å²) < 4.78 is 14.8. The van der Waals surface area contributed by atoms with Crippen LogP contribution in [0, 0.1) is 0 Å². The number of nitrogens with two attached hydrogens (primary N) is 1. The van der Waals surface area contributed by atoms with Gasteiger partial charge in [-0.25, -0.2) is 0 Å². The molecule has 1 fully saturated rings. The number of nitrogens with zero attached hydrogens (tertiary/aromatic N) is 2. The lowest BCUT2D eigenvalue weighted by molar-refractivity contribution is 0.171. The number of hydrogen-bond donors (Lipinski definition) is 1. The molecule has 1 atom stereocenters. The van der Waals surface area contributed by atoms with E-state index < -0.39 is 0 Å². The van der Waals surface area contributed by atoms with Gasteiger partial charge in [0.15, 0.2) is 0 Å². The standard InChI is InChI=1S/C13H23N3O2S/c1-9(8-18-3)16(6-7-17-2)13-11(10-4-5-10)12(14)15-19-13/h9-10H,4-8H2,1-3H3,(H2,14,15). The molecule has 1 aliphatic rings. The molecule has 0 aliphatic heterocycles. The number of nitrogen functional groups attached to an aromatic ring is 1. The zero-order valence-corrected chi connectivity index (χ0v) is 12.7. The lowest BCUT2D eigenvalue weighted by atomic mass is 10.2. The minimum Gasteiger partial charge on any atom is -0.383 e. The second kappa shape index (κ2) is 6.54. The van der Waals surface area contributed by atoms with Gasteiger partial charge >= 0.3 is 0 Å². The van der Waals surface area contributed by atoms with E-state index in [2.05, 4.69) is 16.2 Å². The molecule has 1 heterocycles. The summed E-state index contributed by atoms with van der Waals surface area (Å²) in [5.74, 6) is 1.31. The summed E-state index contributed by atoms with van der Waals surface area (Å²) in [6.07, 6.45) is 2.46. The molecule has 2 N–H and O–H groups in total. The highest BCUT2D eigenvalue weighted by atomic mass is 32.1. The van der Waals surface area contributed by atoms with Crippen molar-refractivity contribution in [2.75, 3.05) is 44.6 Å². The maximum Gasteiger partial charge on any atom is 0.142 e. The Morgan fingerprint density at radius 3 is 2.74 bits per heavy atom. The van der Waals surface area contributed by atoms with E-state index in [9.17, 15) is 0 Å². The fourth-order valence-corrected chi connectivity index (χ4v) is 3.33. The van der Waals surface area contributed by atoms with Crippen molar-refractivity contribution < 1.29 is 9.47 Å². The van der Waals surface area contributed by atoms with Gasteiger partial charge in [-0.1, -0.05) is 0 Å². The van der Waals surface area contributed by atoms with Crippen LogP contribution >= 0.6 is 11.5 Å². The first-order valence-corrected chi connectivity index (χ1v) is 7.46. The van der Waals surface area contributed by atoms with E-state index in [0.29, 0.717) is 24.9 Å². The molecule has 0 saturated heterocycles. The first kappa shape index (κ1) is 14.6. The van der Waals surface area contributed by atoms with Crippen LogP contribution in [0.15, 0.2) is 0 Å². The highest BCUT2D eigenvalue weighted by molar-refractivity contribution is 7.10. The predicted octanol–water partition coefficient (Wildman–Crippen LogP) is 2.09. The van der Waals surface area contributed by atoms with Crippen molar-refractivity contribution in [3.8, 4) is 0 Å². The number of hydrogen-bond acceptors (Lipinski definition) is 6. The molecule has 1 aromatic rings. The van der Waals surface area contributed by atoms with Gasteiger partial charge in [0.1, 0.15) is 10.8 Å². The molecule has 1 unspecified atom stereocenters. The number of rotatable bonds is 8. The third-order valence-electron chi connectivity index (χ3n) is 3.46. The normalized spacial score (nSPS) is 16.6. The third kappa shape index (κ3) is 3.38. The average molecular weight is 285 g/mol. The largest absolute Gasteiger partial charge is 0.383 e. The zero-order chi connectivity index (χ0) is 13.8. The molecule has 0 bridgehead atoms. The van der Waals surface area contributed by atoms with E-state index in [1.165, 1.54) is 34.9 Å². The topological polar surface area (TPSA) is 60.6 Å². The molecule has 6 heteroatoms.